The van der Waals surface area contributed by atoms with E-state index in [1.807, 2.05) is 0 Å². The summed E-state index contributed by atoms with van der Waals surface area (Å²) >= 11 is 1.27. The van der Waals surface area contributed by atoms with E-state index in [1.165, 1.54) is 53.4 Å². The van der Waals surface area contributed by atoms with Crippen molar-refractivity contribution in [2.45, 2.75) is 42.1 Å². The van der Waals surface area contributed by atoms with Crippen molar-refractivity contribution in [2.75, 3.05) is 13.1 Å². The van der Waals surface area contributed by atoms with Crippen LogP contribution < -0.4 is 10.6 Å². The van der Waals surface area contributed by atoms with E-state index in [0.717, 1.165) is 9.91 Å². The number of hydrogen-bond acceptors (Lipinski definition) is 9. The molecule has 1 aromatic heterocycles. The Hall–Kier alpha value is -4.53. The standard InChI is InChI=1S/C25H26N6O8S/c1-25(2)18(22(35)36)31-20(34)17(21(31)40-25)27-19(33)16(13-5-7-14(32)8-6-13)28-23(37)29-9-10-30(24(29)38)26-12-15-4-3-11-39-15/h3-8,11-12,16-18,21,32H,9-10H2,1-2H3,(H,27,33)(H,28,37)(H,35,36). The molecule has 3 aliphatic heterocycles. The molecule has 0 bridgehead atoms. The first-order valence-electron chi connectivity index (χ1n) is 12.3. The maximum Gasteiger partial charge on any atom is 0.348 e. The van der Waals surface area contributed by atoms with Gasteiger partial charge >= 0.3 is 18.0 Å². The first-order valence-corrected chi connectivity index (χ1v) is 13.1. The van der Waals surface area contributed by atoms with Gasteiger partial charge in [-0.25, -0.2) is 24.3 Å². The topological polar surface area (TPSA) is 185 Å². The van der Waals surface area contributed by atoms with E-state index >= 15 is 0 Å². The highest BCUT2D eigenvalue weighted by Gasteiger charge is 2.64. The lowest BCUT2D eigenvalue weighted by molar-refractivity contribution is -0.161. The minimum Gasteiger partial charge on any atom is -0.508 e. The highest BCUT2D eigenvalue weighted by atomic mass is 32.2. The summed E-state index contributed by atoms with van der Waals surface area (Å²) in [4.78, 5) is 66.2. The van der Waals surface area contributed by atoms with E-state index in [4.69, 9.17) is 4.42 Å². The van der Waals surface area contributed by atoms with Crippen LogP contribution in [0.4, 0.5) is 9.59 Å². The van der Waals surface area contributed by atoms with Gasteiger partial charge < -0.3 is 30.2 Å². The molecule has 15 heteroatoms. The number of imide groups is 1. The molecule has 3 fully saturated rings. The van der Waals surface area contributed by atoms with E-state index < -0.39 is 58.1 Å². The van der Waals surface area contributed by atoms with Crippen LogP contribution in [0.25, 0.3) is 0 Å². The number of thioether (sulfide) groups is 1. The maximum absolute atomic E-state index is 13.4. The minimum absolute atomic E-state index is 0.00449. The Morgan fingerprint density at radius 3 is 2.55 bits per heavy atom. The van der Waals surface area contributed by atoms with Crippen molar-refractivity contribution in [3.63, 3.8) is 0 Å². The fourth-order valence-corrected chi connectivity index (χ4v) is 6.49. The van der Waals surface area contributed by atoms with Crippen molar-refractivity contribution in [3.8, 4) is 5.75 Å². The molecule has 3 aliphatic rings. The van der Waals surface area contributed by atoms with Crippen LogP contribution in [-0.4, -0.2) is 96.4 Å². The first-order chi connectivity index (χ1) is 19.0. The molecule has 40 heavy (non-hydrogen) atoms. The van der Waals surface area contributed by atoms with Gasteiger partial charge in [-0.3, -0.25) is 9.59 Å². The van der Waals surface area contributed by atoms with Crippen LogP contribution >= 0.6 is 11.8 Å². The Bertz CT molecular complexity index is 1380. The van der Waals surface area contributed by atoms with Gasteiger partial charge in [-0.1, -0.05) is 12.1 Å². The fraction of sp³-hybridized carbons (Fsp3) is 0.360. The molecule has 4 N–H and O–H groups in total. The van der Waals surface area contributed by atoms with E-state index in [2.05, 4.69) is 15.7 Å². The molecular weight excluding hydrogens is 544 g/mol. The molecule has 0 radical (unpaired) electrons. The number of nitrogens with one attached hydrogen (secondary N) is 2. The Balaban J connectivity index is 1.30. The van der Waals surface area contributed by atoms with Gasteiger partial charge in [0.05, 0.1) is 25.6 Å². The zero-order valence-corrected chi connectivity index (χ0v) is 22.2. The van der Waals surface area contributed by atoms with E-state index in [9.17, 15) is 34.2 Å². The highest BCUT2D eigenvalue weighted by molar-refractivity contribution is 8.01. The number of urea groups is 2. The molecule has 210 valence electrons. The number of furan rings is 1. The lowest BCUT2D eigenvalue weighted by atomic mass is 9.95. The average molecular weight is 571 g/mol. The number of carbonyl (C=O) groups is 5. The number of rotatable bonds is 7. The molecule has 3 saturated heterocycles. The second kappa shape index (κ2) is 10.2. The predicted molar refractivity (Wildman–Crippen MR) is 140 cm³/mol. The Morgan fingerprint density at radius 1 is 1.18 bits per heavy atom. The zero-order valence-electron chi connectivity index (χ0n) is 21.4. The number of benzene rings is 1. The van der Waals surface area contributed by atoms with Crippen LogP contribution in [0.5, 0.6) is 5.75 Å². The van der Waals surface area contributed by atoms with Crippen LogP contribution in [0.1, 0.15) is 31.2 Å². The highest BCUT2D eigenvalue weighted by Crippen LogP contribution is 2.50. The number of aromatic hydroxyl groups is 1. The maximum atomic E-state index is 13.4. The predicted octanol–water partition coefficient (Wildman–Crippen LogP) is 1.14. The van der Waals surface area contributed by atoms with Crippen molar-refractivity contribution < 1.29 is 38.6 Å². The molecule has 1 aromatic carbocycles. The van der Waals surface area contributed by atoms with Crippen molar-refractivity contribution >= 4 is 47.8 Å². The minimum atomic E-state index is -1.34. The van der Waals surface area contributed by atoms with Gasteiger partial charge in [0.15, 0.2) is 0 Å². The number of carboxylic acids is 1. The number of carboxylic acid groups (broad SMARTS) is 1. The molecule has 5 rings (SSSR count). The molecule has 4 heterocycles. The van der Waals surface area contributed by atoms with Crippen LogP contribution in [0.15, 0.2) is 52.2 Å². The van der Waals surface area contributed by atoms with Gasteiger partial charge in [-0.2, -0.15) is 5.10 Å². The molecule has 2 aromatic rings. The summed E-state index contributed by atoms with van der Waals surface area (Å²) in [6, 6.07) is 3.86. The first kappa shape index (κ1) is 27.1. The van der Waals surface area contributed by atoms with Gasteiger partial charge in [0, 0.05) is 4.75 Å². The SMILES string of the molecule is CC1(C)SC2C(NC(=O)C(NC(=O)N3CCN(N=Cc4ccco4)C3=O)c3ccc(O)cc3)C(=O)N2C1C(=O)O. The monoisotopic (exact) mass is 570 g/mol. The van der Waals surface area contributed by atoms with Gasteiger partial charge in [-0.15, -0.1) is 11.8 Å². The van der Waals surface area contributed by atoms with Crippen LogP contribution in [0, 0.1) is 0 Å². The number of phenols is 1. The number of nitrogens with zero attached hydrogens (tertiary/aromatic N) is 4. The fourth-order valence-electron chi connectivity index (χ4n) is 4.86. The van der Waals surface area contributed by atoms with E-state index in [0.29, 0.717) is 5.76 Å². The third-order valence-corrected chi connectivity index (χ3v) is 8.40. The second-order valence-corrected chi connectivity index (χ2v) is 11.6. The lowest BCUT2D eigenvalue weighted by Gasteiger charge is -2.44. The quantitative estimate of drug-likeness (QED) is 0.280. The number of phenolic OH excluding ortho intramolecular Hbond substituents is 1. The number of aliphatic carboxylic acids is 1. The van der Waals surface area contributed by atoms with E-state index in [-0.39, 0.29) is 24.4 Å². The van der Waals surface area contributed by atoms with Gasteiger partial charge in [0.2, 0.25) is 11.8 Å². The Labute approximate surface area is 232 Å². The third kappa shape index (κ3) is 4.83. The molecule has 6 amide bonds. The van der Waals surface area contributed by atoms with Crippen LogP contribution in [0.2, 0.25) is 0 Å². The molecule has 0 saturated carbocycles. The zero-order chi connectivity index (χ0) is 28.8. The van der Waals surface area contributed by atoms with Gasteiger partial charge in [0.25, 0.3) is 0 Å². The molecule has 4 unspecified atom stereocenters. The summed E-state index contributed by atoms with van der Waals surface area (Å²) in [6.45, 7) is 3.56. The number of hydrogen-bond donors (Lipinski definition) is 4. The third-order valence-electron chi connectivity index (χ3n) is 6.83. The van der Waals surface area contributed by atoms with Crippen molar-refractivity contribution in [2.24, 2.45) is 5.10 Å². The van der Waals surface area contributed by atoms with E-state index in [1.54, 1.807) is 26.0 Å². The summed E-state index contributed by atoms with van der Waals surface area (Å²) in [5.74, 6) is -2.07. The molecule has 14 nitrogen and oxygen atoms in total. The summed E-state index contributed by atoms with van der Waals surface area (Å²) < 4.78 is 4.37. The summed E-state index contributed by atoms with van der Waals surface area (Å²) in [7, 11) is 0. The van der Waals surface area contributed by atoms with Crippen LogP contribution in [-0.2, 0) is 14.4 Å². The normalized spacial score (nSPS) is 24.1. The second-order valence-electron chi connectivity index (χ2n) is 9.88. The Morgan fingerprint density at radius 2 is 1.90 bits per heavy atom. The van der Waals surface area contributed by atoms with Crippen molar-refractivity contribution in [3.05, 3.63) is 54.0 Å². The number of amides is 6. The van der Waals surface area contributed by atoms with Gasteiger partial charge in [0.1, 0.15) is 35.0 Å². The number of hydrazone groups is 1. The summed E-state index contributed by atoms with van der Waals surface area (Å²) in [5.41, 5.74) is 0.287. The van der Waals surface area contributed by atoms with Gasteiger partial charge in [-0.05, 0) is 43.7 Å². The van der Waals surface area contributed by atoms with Crippen LogP contribution in [0.3, 0.4) is 0 Å². The molecule has 0 aliphatic carbocycles. The average Bonchev–Trinajstić information content (AvgIpc) is 3.61. The van der Waals surface area contributed by atoms with Crippen molar-refractivity contribution in [1.29, 1.82) is 0 Å². The largest absolute Gasteiger partial charge is 0.508 e. The Kier molecular flexibility index (Phi) is 6.91. The van der Waals surface area contributed by atoms with Crippen molar-refractivity contribution in [1.82, 2.24) is 25.4 Å². The number of fused-ring (bicyclic) bond motifs is 1. The smallest absolute Gasteiger partial charge is 0.348 e. The summed E-state index contributed by atoms with van der Waals surface area (Å²) in [5, 5.41) is 29.0. The number of carbonyl (C=O) groups excluding carboxylic acids is 4. The molecule has 4 atom stereocenters. The number of β-lactam (4-membered cyclic amide) rings is 1. The lowest BCUT2D eigenvalue weighted by Crippen LogP contribution is -2.71. The molecule has 0 spiro atoms. The summed E-state index contributed by atoms with van der Waals surface area (Å²) in [6.07, 6.45) is 2.79. The molecular formula is C25H26N6O8S.